The number of amides is 1. The maximum absolute atomic E-state index is 12.7. The number of aromatic nitrogens is 5. The molecule has 9 nitrogen and oxygen atoms in total. The van der Waals surface area contributed by atoms with Gasteiger partial charge in [-0.3, -0.25) is 4.79 Å². The minimum atomic E-state index is 0.118. The number of nitrogens with one attached hydrogen (secondary N) is 1. The Labute approximate surface area is 180 Å². The highest BCUT2D eigenvalue weighted by molar-refractivity contribution is 5.79. The first-order valence-electron chi connectivity index (χ1n) is 11.0. The zero-order chi connectivity index (χ0) is 21.2. The first-order valence-corrected chi connectivity index (χ1v) is 11.0. The van der Waals surface area contributed by atoms with E-state index in [1.165, 1.54) is 0 Å². The second kappa shape index (κ2) is 8.58. The zero-order valence-corrected chi connectivity index (χ0v) is 17.7. The van der Waals surface area contributed by atoms with Crippen LogP contribution >= 0.6 is 0 Å². The summed E-state index contributed by atoms with van der Waals surface area (Å²) in [6.07, 6.45) is 5.45. The van der Waals surface area contributed by atoms with Gasteiger partial charge in [-0.2, -0.15) is 9.67 Å². The molecule has 31 heavy (non-hydrogen) atoms. The smallest absolute Gasteiger partial charge is 0.225 e. The first-order chi connectivity index (χ1) is 15.2. The molecule has 1 N–H and O–H groups in total. The number of ether oxygens (including phenoxy) is 1. The van der Waals surface area contributed by atoms with Crippen LogP contribution in [0.4, 0.5) is 5.95 Å². The van der Waals surface area contributed by atoms with E-state index in [9.17, 15) is 4.79 Å². The van der Waals surface area contributed by atoms with E-state index in [1.807, 2.05) is 42.3 Å². The van der Waals surface area contributed by atoms with E-state index in [0.717, 1.165) is 48.1 Å². The Morgan fingerprint density at radius 1 is 1.13 bits per heavy atom. The summed E-state index contributed by atoms with van der Waals surface area (Å²) >= 11 is 0. The highest BCUT2D eigenvalue weighted by atomic mass is 16.5. The van der Waals surface area contributed by atoms with Gasteiger partial charge >= 0.3 is 0 Å². The molecule has 0 spiro atoms. The molecule has 0 bridgehead atoms. The standard InChI is InChI=1S/C22H27N7O2/c1-15-14-23-22(25-20(15)29-19-5-3-2-4-18(19)26-27-29)24-17-8-6-16(7-9-17)21(30)28-10-12-31-13-11-28/h2-5,14,16-17H,6-13H2,1H3,(H,23,24,25). The van der Waals surface area contributed by atoms with Crippen molar-refractivity contribution < 1.29 is 9.53 Å². The van der Waals surface area contributed by atoms with Gasteiger partial charge in [0.25, 0.3) is 0 Å². The Balaban J connectivity index is 1.25. The molecule has 5 rings (SSSR count). The molecule has 1 aliphatic carbocycles. The lowest BCUT2D eigenvalue weighted by molar-refractivity contribution is -0.140. The van der Waals surface area contributed by atoms with Crippen molar-refractivity contribution >= 4 is 22.9 Å². The summed E-state index contributed by atoms with van der Waals surface area (Å²) in [7, 11) is 0. The Kier molecular flexibility index (Phi) is 5.50. The minimum Gasteiger partial charge on any atom is -0.378 e. The normalized spacial score (nSPS) is 21.9. The van der Waals surface area contributed by atoms with Crippen molar-refractivity contribution in [3.05, 3.63) is 36.0 Å². The highest BCUT2D eigenvalue weighted by Crippen LogP contribution is 2.28. The summed E-state index contributed by atoms with van der Waals surface area (Å²) in [5.41, 5.74) is 2.68. The maximum Gasteiger partial charge on any atom is 0.225 e. The van der Waals surface area contributed by atoms with Gasteiger partial charge in [-0.1, -0.05) is 17.3 Å². The van der Waals surface area contributed by atoms with Crippen LogP contribution in [0.15, 0.2) is 30.5 Å². The van der Waals surface area contributed by atoms with Crippen molar-refractivity contribution in [2.24, 2.45) is 5.92 Å². The summed E-state index contributed by atoms with van der Waals surface area (Å²) in [6.45, 7) is 4.70. The lowest BCUT2D eigenvalue weighted by Gasteiger charge is -2.34. The van der Waals surface area contributed by atoms with Gasteiger partial charge in [0, 0.05) is 36.8 Å². The van der Waals surface area contributed by atoms with Gasteiger partial charge in [0.05, 0.1) is 18.7 Å². The van der Waals surface area contributed by atoms with Crippen LogP contribution in [0.3, 0.4) is 0 Å². The molecule has 1 aromatic carbocycles. The largest absolute Gasteiger partial charge is 0.378 e. The van der Waals surface area contributed by atoms with Crippen molar-refractivity contribution in [2.75, 3.05) is 31.6 Å². The summed E-state index contributed by atoms with van der Waals surface area (Å²) in [4.78, 5) is 23.9. The fourth-order valence-corrected chi connectivity index (χ4v) is 4.45. The number of anilines is 1. The van der Waals surface area contributed by atoms with Gasteiger partial charge in [-0.05, 0) is 44.7 Å². The van der Waals surface area contributed by atoms with Crippen molar-refractivity contribution in [2.45, 2.75) is 38.6 Å². The predicted octanol–water partition coefficient (Wildman–Crippen LogP) is 2.35. The molecule has 1 saturated carbocycles. The van der Waals surface area contributed by atoms with Crippen LogP contribution in [0.25, 0.3) is 16.9 Å². The van der Waals surface area contributed by atoms with E-state index in [-0.39, 0.29) is 17.9 Å². The van der Waals surface area contributed by atoms with Crippen molar-refractivity contribution in [1.82, 2.24) is 29.9 Å². The molecule has 2 aromatic heterocycles. The van der Waals surface area contributed by atoms with E-state index in [2.05, 4.69) is 20.6 Å². The topological polar surface area (TPSA) is 98.1 Å². The van der Waals surface area contributed by atoms with Crippen molar-refractivity contribution in [3.8, 4) is 5.82 Å². The van der Waals surface area contributed by atoms with Crippen molar-refractivity contribution in [1.29, 1.82) is 0 Å². The number of aryl methyl sites for hydroxylation is 1. The summed E-state index contributed by atoms with van der Waals surface area (Å²) < 4.78 is 7.12. The molecule has 0 unspecified atom stereocenters. The Bertz CT molecular complexity index is 1070. The van der Waals surface area contributed by atoms with Crippen LogP contribution in [-0.4, -0.2) is 68.1 Å². The molecule has 1 saturated heterocycles. The SMILES string of the molecule is Cc1cnc(NC2CCC(C(=O)N3CCOCC3)CC2)nc1-n1nnc2ccccc21. The third kappa shape index (κ3) is 4.10. The molecule has 1 amide bonds. The number of carbonyl (C=O) groups is 1. The third-order valence-corrected chi connectivity index (χ3v) is 6.23. The molecular formula is C22H27N7O2. The monoisotopic (exact) mass is 421 g/mol. The molecular weight excluding hydrogens is 394 g/mol. The van der Waals surface area contributed by atoms with Crippen LogP contribution in [0.2, 0.25) is 0 Å². The molecule has 0 atom stereocenters. The van der Waals surface area contributed by atoms with Gasteiger partial charge in [-0.25, -0.2) is 4.98 Å². The van der Waals surface area contributed by atoms with Gasteiger partial charge in [0.2, 0.25) is 11.9 Å². The number of hydrogen-bond acceptors (Lipinski definition) is 7. The van der Waals surface area contributed by atoms with Gasteiger partial charge < -0.3 is 15.0 Å². The lowest BCUT2D eigenvalue weighted by atomic mass is 9.85. The molecule has 162 valence electrons. The average Bonchev–Trinajstić information content (AvgIpc) is 3.25. The number of rotatable bonds is 4. The van der Waals surface area contributed by atoms with Gasteiger partial charge in [0.1, 0.15) is 5.52 Å². The Morgan fingerprint density at radius 2 is 1.90 bits per heavy atom. The molecule has 2 fully saturated rings. The molecule has 9 heteroatoms. The van der Waals surface area contributed by atoms with Crippen LogP contribution in [0.1, 0.15) is 31.2 Å². The lowest BCUT2D eigenvalue weighted by Crippen LogP contribution is -2.45. The number of benzene rings is 1. The fourth-order valence-electron chi connectivity index (χ4n) is 4.45. The number of morpholine rings is 1. The molecule has 0 radical (unpaired) electrons. The van der Waals surface area contributed by atoms with Crippen LogP contribution < -0.4 is 5.32 Å². The summed E-state index contributed by atoms with van der Waals surface area (Å²) in [6, 6.07) is 8.09. The first kappa shape index (κ1) is 19.9. The second-order valence-corrected chi connectivity index (χ2v) is 8.32. The molecule has 1 aliphatic heterocycles. The summed E-state index contributed by atoms with van der Waals surface area (Å²) in [5.74, 6) is 1.71. The fraction of sp³-hybridized carbons (Fsp3) is 0.500. The number of nitrogens with zero attached hydrogens (tertiary/aromatic N) is 6. The third-order valence-electron chi connectivity index (χ3n) is 6.23. The highest BCUT2D eigenvalue weighted by Gasteiger charge is 2.30. The molecule has 3 heterocycles. The Morgan fingerprint density at radius 3 is 2.71 bits per heavy atom. The van der Waals surface area contributed by atoms with Crippen LogP contribution in [0, 0.1) is 12.8 Å². The number of para-hydroxylation sites is 1. The number of carbonyl (C=O) groups excluding carboxylic acids is 1. The minimum absolute atomic E-state index is 0.118. The van der Waals surface area contributed by atoms with Gasteiger partial charge in [-0.15, -0.1) is 5.10 Å². The number of fused-ring (bicyclic) bond motifs is 1. The molecule has 2 aliphatic rings. The number of hydrogen-bond donors (Lipinski definition) is 1. The average molecular weight is 422 g/mol. The van der Waals surface area contributed by atoms with Crippen molar-refractivity contribution in [3.63, 3.8) is 0 Å². The van der Waals surface area contributed by atoms with Crippen LogP contribution in [0.5, 0.6) is 0 Å². The predicted molar refractivity (Wildman–Crippen MR) is 116 cm³/mol. The van der Waals surface area contributed by atoms with E-state index >= 15 is 0 Å². The zero-order valence-electron chi connectivity index (χ0n) is 17.7. The summed E-state index contributed by atoms with van der Waals surface area (Å²) in [5, 5.41) is 12.0. The van der Waals surface area contributed by atoms with E-state index in [0.29, 0.717) is 32.3 Å². The maximum atomic E-state index is 12.7. The van der Waals surface area contributed by atoms with Crippen LogP contribution in [-0.2, 0) is 9.53 Å². The Hall–Kier alpha value is -3.07. The molecule has 3 aromatic rings. The van der Waals surface area contributed by atoms with Gasteiger partial charge in [0.15, 0.2) is 5.82 Å². The van der Waals surface area contributed by atoms with E-state index in [4.69, 9.17) is 9.72 Å². The second-order valence-electron chi connectivity index (χ2n) is 8.32. The van der Waals surface area contributed by atoms with E-state index < -0.39 is 0 Å². The quantitative estimate of drug-likeness (QED) is 0.690. The van der Waals surface area contributed by atoms with E-state index in [1.54, 1.807) is 4.68 Å².